The zero-order valence-electron chi connectivity index (χ0n) is 10.1. The van der Waals surface area contributed by atoms with Crippen LogP contribution < -0.4 is 0 Å². The van der Waals surface area contributed by atoms with Crippen molar-refractivity contribution in [1.82, 2.24) is 0 Å². The van der Waals surface area contributed by atoms with Crippen molar-refractivity contribution in [2.24, 2.45) is 0 Å². The van der Waals surface area contributed by atoms with Gasteiger partial charge in [-0.2, -0.15) is 0 Å². The molecule has 0 N–H and O–H groups in total. The zero-order valence-corrected chi connectivity index (χ0v) is 11.1. The monoisotopic (exact) mass is 216 g/mol. The highest BCUT2D eigenvalue weighted by Crippen LogP contribution is 2.42. The summed E-state index contributed by atoms with van der Waals surface area (Å²) in [6.07, 6.45) is 14.2. The molecule has 0 spiro atoms. The van der Waals surface area contributed by atoms with Crippen LogP contribution in [0.1, 0.15) is 13.8 Å². The molecule has 0 saturated heterocycles. The highest BCUT2D eigenvalue weighted by atomic mass is 28.3. The largest absolute Gasteiger partial charge is 0.0800 e. The summed E-state index contributed by atoms with van der Waals surface area (Å²) in [4.78, 5) is 0. The van der Waals surface area contributed by atoms with Gasteiger partial charge in [0.2, 0.25) is 0 Å². The summed E-state index contributed by atoms with van der Waals surface area (Å²) in [5.41, 5.74) is 4.30. The lowest BCUT2D eigenvalue weighted by Crippen LogP contribution is -2.34. The van der Waals surface area contributed by atoms with Crippen LogP contribution in [0.2, 0.25) is 24.2 Å². The molecule has 0 nitrogen and oxygen atoms in total. The molecule has 0 aromatic rings. The first-order valence-corrected chi connectivity index (χ1v) is 8.89. The standard InChI is InChI=1S/C14H20Si/c1-11-5-7-13(9-11)15(3,4)14-8-6-12(2)10-14/h5-10,13-14H,1-4H3/t13-,14+. The van der Waals surface area contributed by atoms with Crippen LogP contribution in [0, 0.1) is 0 Å². The van der Waals surface area contributed by atoms with Crippen LogP contribution in [0.3, 0.4) is 0 Å². The molecule has 0 heterocycles. The topological polar surface area (TPSA) is 0 Å². The third-order valence-electron chi connectivity index (χ3n) is 3.74. The van der Waals surface area contributed by atoms with Crippen LogP contribution in [-0.2, 0) is 0 Å². The van der Waals surface area contributed by atoms with Gasteiger partial charge in [-0.1, -0.05) is 60.7 Å². The Bertz CT molecular complexity index is 344. The Hall–Kier alpha value is -0.823. The fourth-order valence-electron chi connectivity index (χ4n) is 2.45. The van der Waals surface area contributed by atoms with E-state index in [1.165, 1.54) is 11.1 Å². The summed E-state index contributed by atoms with van der Waals surface area (Å²) >= 11 is 0. The quantitative estimate of drug-likeness (QED) is 0.598. The van der Waals surface area contributed by atoms with Crippen molar-refractivity contribution in [3.05, 3.63) is 47.6 Å². The fourth-order valence-corrected chi connectivity index (χ4v) is 5.46. The Labute approximate surface area is 94.1 Å². The maximum atomic E-state index is 2.50. The van der Waals surface area contributed by atoms with Gasteiger partial charge < -0.3 is 0 Å². The van der Waals surface area contributed by atoms with Crippen molar-refractivity contribution in [3.8, 4) is 0 Å². The molecule has 1 heteroatoms. The van der Waals surface area contributed by atoms with Crippen molar-refractivity contribution < 1.29 is 0 Å². The van der Waals surface area contributed by atoms with Crippen molar-refractivity contribution >= 4 is 8.07 Å². The first-order valence-electron chi connectivity index (χ1n) is 5.73. The minimum atomic E-state index is -1.25. The summed E-state index contributed by atoms with van der Waals surface area (Å²) in [5, 5.41) is 0. The van der Waals surface area contributed by atoms with E-state index in [2.05, 4.69) is 63.4 Å². The second-order valence-electron chi connectivity index (χ2n) is 5.41. The molecule has 0 aromatic carbocycles. The average Bonchev–Trinajstić information content (AvgIpc) is 2.74. The van der Waals surface area contributed by atoms with Crippen LogP contribution in [0.15, 0.2) is 47.6 Å². The van der Waals surface area contributed by atoms with E-state index in [0.717, 1.165) is 0 Å². The van der Waals surface area contributed by atoms with Crippen LogP contribution in [0.4, 0.5) is 0 Å². The number of rotatable bonds is 2. The Balaban J connectivity index is 2.21. The Morgan fingerprint density at radius 3 is 1.53 bits per heavy atom. The lowest BCUT2D eigenvalue weighted by Gasteiger charge is -2.31. The van der Waals surface area contributed by atoms with E-state index < -0.39 is 8.07 Å². The van der Waals surface area contributed by atoms with Crippen LogP contribution in [0.5, 0.6) is 0 Å². The van der Waals surface area contributed by atoms with Gasteiger partial charge in [0, 0.05) is 0 Å². The molecule has 0 saturated carbocycles. The second-order valence-corrected chi connectivity index (χ2v) is 10.4. The average molecular weight is 216 g/mol. The lowest BCUT2D eigenvalue weighted by atomic mass is 10.3. The number of allylic oxidation sites excluding steroid dienone is 8. The molecule has 2 rings (SSSR count). The molecule has 2 aliphatic carbocycles. The smallest absolute Gasteiger partial charge is 0.0699 e. The molecule has 0 bridgehead atoms. The van der Waals surface area contributed by atoms with Gasteiger partial charge in [0.15, 0.2) is 0 Å². The van der Waals surface area contributed by atoms with E-state index in [1.54, 1.807) is 0 Å². The first kappa shape index (κ1) is 10.7. The van der Waals surface area contributed by atoms with Gasteiger partial charge in [-0.25, -0.2) is 0 Å². The highest BCUT2D eigenvalue weighted by Gasteiger charge is 2.36. The van der Waals surface area contributed by atoms with E-state index in [4.69, 9.17) is 0 Å². The molecule has 2 atom stereocenters. The predicted molar refractivity (Wildman–Crippen MR) is 70.8 cm³/mol. The summed E-state index contributed by atoms with van der Waals surface area (Å²) < 4.78 is 0. The second kappa shape index (κ2) is 3.64. The van der Waals surface area contributed by atoms with E-state index in [1.807, 2.05) is 0 Å². The van der Waals surface area contributed by atoms with Gasteiger partial charge in [0.25, 0.3) is 0 Å². The van der Waals surface area contributed by atoms with Gasteiger partial charge in [0.1, 0.15) is 0 Å². The first-order chi connectivity index (χ1) is 7.00. The predicted octanol–water partition coefficient (Wildman–Crippen LogP) is 4.47. The lowest BCUT2D eigenvalue weighted by molar-refractivity contribution is 1.16. The van der Waals surface area contributed by atoms with Gasteiger partial charge in [-0.05, 0) is 24.9 Å². The third-order valence-corrected chi connectivity index (χ3v) is 7.89. The van der Waals surface area contributed by atoms with Gasteiger partial charge in [-0.15, -0.1) is 0 Å². The van der Waals surface area contributed by atoms with Crippen LogP contribution >= 0.6 is 0 Å². The zero-order chi connectivity index (χ0) is 11.1. The van der Waals surface area contributed by atoms with Crippen molar-refractivity contribution in [2.45, 2.75) is 38.0 Å². The molecule has 0 aliphatic heterocycles. The molecule has 0 radical (unpaired) electrons. The van der Waals surface area contributed by atoms with Gasteiger partial charge >= 0.3 is 0 Å². The molecule has 2 aliphatic rings. The molecular weight excluding hydrogens is 196 g/mol. The fraction of sp³-hybridized carbons (Fsp3) is 0.429. The minimum Gasteiger partial charge on any atom is -0.0800 e. The Kier molecular flexibility index (Phi) is 2.59. The van der Waals surface area contributed by atoms with Crippen LogP contribution in [0.25, 0.3) is 0 Å². The number of hydrogen-bond donors (Lipinski definition) is 0. The molecular formula is C14H20Si. The van der Waals surface area contributed by atoms with E-state index in [9.17, 15) is 0 Å². The maximum absolute atomic E-state index is 2.50. The maximum Gasteiger partial charge on any atom is 0.0699 e. The molecule has 0 amide bonds. The minimum absolute atomic E-state index is 0.717. The van der Waals surface area contributed by atoms with Gasteiger partial charge in [0.05, 0.1) is 8.07 Å². The normalized spacial score (nSPS) is 29.6. The summed E-state index contributed by atoms with van der Waals surface area (Å²) in [6.45, 7) is 9.40. The summed E-state index contributed by atoms with van der Waals surface area (Å²) in [7, 11) is -1.25. The molecule has 0 aromatic heterocycles. The highest BCUT2D eigenvalue weighted by molar-refractivity contribution is 6.82. The van der Waals surface area contributed by atoms with E-state index >= 15 is 0 Å². The molecule has 0 unspecified atom stereocenters. The van der Waals surface area contributed by atoms with Gasteiger partial charge in [-0.3, -0.25) is 0 Å². The van der Waals surface area contributed by atoms with Crippen molar-refractivity contribution in [2.75, 3.05) is 0 Å². The molecule has 80 valence electrons. The molecule has 15 heavy (non-hydrogen) atoms. The third kappa shape index (κ3) is 1.93. The number of hydrogen-bond acceptors (Lipinski definition) is 0. The summed E-state index contributed by atoms with van der Waals surface area (Å²) in [5.74, 6) is 0. The Morgan fingerprint density at radius 1 is 0.867 bits per heavy atom. The van der Waals surface area contributed by atoms with Crippen molar-refractivity contribution in [3.63, 3.8) is 0 Å². The Morgan fingerprint density at radius 2 is 1.27 bits per heavy atom. The van der Waals surface area contributed by atoms with E-state index in [-0.39, 0.29) is 0 Å². The van der Waals surface area contributed by atoms with Crippen LogP contribution in [-0.4, -0.2) is 8.07 Å². The molecule has 0 fully saturated rings. The van der Waals surface area contributed by atoms with Crippen molar-refractivity contribution in [1.29, 1.82) is 0 Å². The SMILES string of the molecule is CC1=C[C@H]([Si](C)(C)[C@H]2C=CC(C)=C2)C=C1. The summed E-state index contributed by atoms with van der Waals surface area (Å²) in [6, 6.07) is 0. The van der Waals surface area contributed by atoms with E-state index in [0.29, 0.717) is 11.1 Å².